The minimum atomic E-state index is -0.183. The number of carbonyl (C=O) groups is 1. The van der Waals surface area contributed by atoms with E-state index in [1.54, 1.807) is 4.68 Å². The highest BCUT2D eigenvalue weighted by Gasteiger charge is 2.27. The fourth-order valence-corrected chi connectivity index (χ4v) is 2.98. The summed E-state index contributed by atoms with van der Waals surface area (Å²) in [6.07, 6.45) is 3.49. The maximum absolute atomic E-state index is 12.6. The van der Waals surface area contributed by atoms with Crippen LogP contribution in [0.4, 0.5) is 5.82 Å². The zero-order chi connectivity index (χ0) is 17.3. The summed E-state index contributed by atoms with van der Waals surface area (Å²) in [6, 6.07) is 10.4. The molecule has 4 nitrogen and oxygen atoms in total. The van der Waals surface area contributed by atoms with Crippen molar-refractivity contribution in [2.75, 3.05) is 5.32 Å². The number of nitrogens with one attached hydrogen (secondary N) is 1. The second kappa shape index (κ2) is 6.80. The summed E-state index contributed by atoms with van der Waals surface area (Å²) in [7, 11) is 1.88. The average Bonchev–Trinajstić information content (AvgIpc) is 3.32. The first-order valence-corrected chi connectivity index (χ1v) is 8.87. The van der Waals surface area contributed by atoms with Crippen molar-refractivity contribution >= 4 is 11.7 Å². The van der Waals surface area contributed by atoms with Crippen LogP contribution in [0.3, 0.4) is 0 Å². The van der Waals surface area contributed by atoms with Gasteiger partial charge in [-0.05, 0) is 43.2 Å². The number of carbonyl (C=O) groups excluding carboxylic acids is 1. The van der Waals surface area contributed by atoms with Crippen LogP contribution in [0.15, 0.2) is 30.3 Å². The molecule has 0 bridgehead atoms. The highest BCUT2D eigenvalue weighted by Crippen LogP contribution is 2.40. The third-order valence-corrected chi connectivity index (χ3v) is 4.66. The Morgan fingerprint density at radius 2 is 1.92 bits per heavy atom. The number of rotatable bonds is 6. The summed E-state index contributed by atoms with van der Waals surface area (Å²) in [5, 5.41) is 7.52. The fraction of sp³-hybridized carbons (Fsp3) is 0.500. The average molecular weight is 325 g/mol. The molecule has 1 saturated carbocycles. The van der Waals surface area contributed by atoms with E-state index in [4.69, 9.17) is 0 Å². The standard InChI is InChI=1S/C20H27N3O/c1-13(2)11-15-5-7-16(8-6-15)14(3)20(24)21-19-12-18(17-9-10-17)22-23(19)4/h5-8,12-14,17H,9-11H2,1-4H3,(H,21,24). The molecule has 24 heavy (non-hydrogen) atoms. The molecule has 128 valence electrons. The number of anilines is 1. The first kappa shape index (κ1) is 16.7. The van der Waals surface area contributed by atoms with Gasteiger partial charge in [-0.2, -0.15) is 5.10 Å². The largest absolute Gasteiger partial charge is 0.310 e. The number of hydrogen-bond acceptors (Lipinski definition) is 2. The Labute approximate surface area is 144 Å². The lowest BCUT2D eigenvalue weighted by Gasteiger charge is -2.13. The normalized spacial score (nSPS) is 15.5. The predicted octanol–water partition coefficient (Wildman–Crippen LogP) is 4.24. The van der Waals surface area contributed by atoms with Gasteiger partial charge in [0, 0.05) is 19.0 Å². The predicted molar refractivity (Wildman–Crippen MR) is 97.2 cm³/mol. The van der Waals surface area contributed by atoms with E-state index in [2.05, 4.69) is 48.5 Å². The van der Waals surface area contributed by atoms with E-state index >= 15 is 0 Å². The quantitative estimate of drug-likeness (QED) is 0.863. The van der Waals surface area contributed by atoms with Crippen molar-refractivity contribution in [2.45, 2.75) is 51.9 Å². The van der Waals surface area contributed by atoms with E-state index in [0.717, 1.165) is 23.5 Å². The molecule has 1 atom stereocenters. The summed E-state index contributed by atoms with van der Waals surface area (Å²) < 4.78 is 1.77. The van der Waals surface area contributed by atoms with Gasteiger partial charge < -0.3 is 5.32 Å². The van der Waals surface area contributed by atoms with Crippen molar-refractivity contribution in [3.8, 4) is 0 Å². The molecule has 1 fully saturated rings. The van der Waals surface area contributed by atoms with Crippen LogP contribution in [0.2, 0.25) is 0 Å². The highest BCUT2D eigenvalue weighted by atomic mass is 16.2. The minimum Gasteiger partial charge on any atom is -0.310 e. The van der Waals surface area contributed by atoms with Crippen molar-refractivity contribution in [3.63, 3.8) is 0 Å². The first-order chi connectivity index (χ1) is 11.4. The zero-order valence-electron chi connectivity index (χ0n) is 15.0. The zero-order valence-corrected chi connectivity index (χ0v) is 15.0. The molecule has 0 saturated heterocycles. The molecule has 1 unspecified atom stereocenters. The number of aromatic nitrogens is 2. The Morgan fingerprint density at radius 1 is 1.25 bits per heavy atom. The molecule has 0 aliphatic heterocycles. The molecule has 1 heterocycles. The molecule has 1 aromatic carbocycles. The Balaban J connectivity index is 1.65. The number of amides is 1. The summed E-state index contributed by atoms with van der Waals surface area (Å²) in [4.78, 5) is 12.6. The monoisotopic (exact) mass is 325 g/mol. The molecule has 0 spiro atoms. The van der Waals surface area contributed by atoms with Crippen LogP contribution >= 0.6 is 0 Å². The summed E-state index contributed by atoms with van der Waals surface area (Å²) in [5.41, 5.74) is 3.46. The second-order valence-electron chi connectivity index (χ2n) is 7.40. The molecule has 3 rings (SSSR count). The smallest absolute Gasteiger partial charge is 0.232 e. The van der Waals surface area contributed by atoms with Crippen LogP contribution in [0.25, 0.3) is 0 Å². The Bertz CT molecular complexity index is 711. The van der Waals surface area contributed by atoms with Crippen molar-refractivity contribution in [3.05, 3.63) is 47.2 Å². The first-order valence-electron chi connectivity index (χ1n) is 8.87. The molecule has 1 amide bonds. The lowest BCUT2D eigenvalue weighted by atomic mass is 9.96. The van der Waals surface area contributed by atoms with Crippen molar-refractivity contribution < 1.29 is 4.79 Å². The van der Waals surface area contributed by atoms with Crippen LogP contribution in [0.5, 0.6) is 0 Å². The second-order valence-corrected chi connectivity index (χ2v) is 7.40. The van der Waals surface area contributed by atoms with Gasteiger partial charge in [-0.1, -0.05) is 38.1 Å². The molecule has 1 aromatic heterocycles. The van der Waals surface area contributed by atoms with E-state index in [9.17, 15) is 4.79 Å². The van der Waals surface area contributed by atoms with Crippen LogP contribution < -0.4 is 5.32 Å². The molecule has 2 aromatic rings. The molecular weight excluding hydrogens is 298 g/mol. The SMILES string of the molecule is CC(C)Cc1ccc(C(C)C(=O)Nc2cc(C3CC3)nn2C)cc1. The summed E-state index contributed by atoms with van der Waals surface area (Å²) >= 11 is 0. The van der Waals surface area contributed by atoms with Crippen LogP contribution in [0.1, 0.15) is 62.3 Å². The van der Waals surface area contributed by atoms with Crippen LogP contribution in [-0.2, 0) is 18.3 Å². The molecule has 4 heteroatoms. The lowest BCUT2D eigenvalue weighted by molar-refractivity contribution is -0.117. The number of nitrogens with zero attached hydrogens (tertiary/aromatic N) is 2. The third kappa shape index (κ3) is 3.86. The van der Waals surface area contributed by atoms with Gasteiger partial charge in [-0.15, -0.1) is 0 Å². The van der Waals surface area contributed by atoms with Gasteiger partial charge in [0.1, 0.15) is 5.82 Å². The maximum Gasteiger partial charge on any atom is 0.232 e. The Kier molecular flexibility index (Phi) is 4.74. The highest BCUT2D eigenvalue weighted by molar-refractivity contribution is 5.95. The van der Waals surface area contributed by atoms with Crippen molar-refractivity contribution in [1.82, 2.24) is 9.78 Å². The van der Waals surface area contributed by atoms with E-state index in [1.807, 2.05) is 20.0 Å². The van der Waals surface area contributed by atoms with Gasteiger partial charge in [0.2, 0.25) is 5.91 Å². The lowest BCUT2D eigenvalue weighted by Crippen LogP contribution is -2.20. The van der Waals surface area contributed by atoms with E-state index in [1.165, 1.54) is 18.4 Å². The van der Waals surface area contributed by atoms with Gasteiger partial charge in [0.15, 0.2) is 0 Å². The van der Waals surface area contributed by atoms with Gasteiger partial charge in [0.05, 0.1) is 11.6 Å². The van der Waals surface area contributed by atoms with Crippen molar-refractivity contribution in [2.24, 2.45) is 13.0 Å². The number of benzene rings is 1. The van der Waals surface area contributed by atoms with Gasteiger partial charge in [-0.3, -0.25) is 9.48 Å². The number of aryl methyl sites for hydroxylation is 1. The number of hydrogen-bond donors (Lipinski definition) is 1. The molecular formula is C20H27N3O. The van der Waals surface area contributed by atoms with E-state index < -0.39 is 0 Å². The van der Waals surface area contributed by atoms with Gasteiger partial charge in [0.25, 0.3) is 0 Å². The van der Waals surface area contributed by atoms with E-state index in [-0.39, 0.29) is 11.8 Å². The third-order valence-electron chi connectivity index (χ3n) is 4.66. The molecule has 1 aliphatic carbocycles. The fourth-order valence-electron chi connectivity index (χ4n) is 2.98. The van der Waals surface area contributed by atoms with E-state index in [0.29, 0.717) is 11.8 Å². The topological polar surface area (TPSA) is 46.9 Å². The van der Waals surface area contributed by atoms with Crippen molar-refractivity contribution in [1.29, 1.82) is 0 Å². The molecule has 0 radical (unpaired) electrons. The van der Waals surface area contributed by atoms with Gasteiger partial charge >= 0.3 is 0 Å². The maximum atomic E-state index is 12.6. The van der Waals surface area contributed by atoms with Gasteiger partial charge in [-0.25, -0.2) is 0 Å². The molecule has 1 N–H and O–H groups in total. The molecule has 1 aliphatic rings. The Hall–Kier alpha value is -2.10. The summed E-state index contributed by atoms with van der Waals surface area (Å²) in [6.45, 7) is 6.38. The Morgan fingerprint density at radius 3 is 2.50 bits per heavy atom. The van der Waals surface area contributed by atoms with Crippen LogP contribution in [-0.4, -0.2) is 15.7 Å². The summed E-state index contributed by atoms with van der Waals surface area (Å²) in [5.74, 6) is 1.84. The minimum absolute atomic E-state index is 0.0111. The van der Waals surface area contributed by atoms with Crippen LogP contribution in [0, 0.1) is 5.92 Å².